The second-order valence-electron chi connectivity index (χ2n) is 6.05. The van der Waals surface area contributed by atoms with Crippen molar-refractivity contribution in [2.75, 3.05) is 18.8 Å². The summed E-state index contributed by atoms with van der Waals surface area (Å²) in [6.45, 7) is 0.566. The van der Waals surface area contributed by atoms with Gasteiger partial charge in [-0.25, -0.2) is 14.4 Å². The Morgan fingerprint density at radius 1 is 1.20 bits per heavy atom. The number of hydrogen-bond donors (Lipinski definition) is 2. The van der Waals surface area contributed by atoms with E-state index in [0.717, 1.165) is 0 Å². The first-order valence-corrected chi connectivity index (χ1v) is 7.80. The van der Waals surface area contributed by atoms with Gasteiger partial charge in [-0.1, -0.05) is 12.1 Å². The lowest BCUT2D eigenvalue weighted by Crippen LogP contribution is -2.53. The third-order valence-corrected chi connectivity index (χ3v) is 4.31. The molecule has 1 aromatic heterocycles. The first-order valence-electron chi connectivity index (χ1n) is 7.80. The zero-order valence-electron chi connectivity index (χ0n) is 13.2. The Morgan fingerprint density at radius 3 is 2.72 bits per heavy atom. The molecule has 0 unspecified atom stereocenters. The van der Waals surface area contributed by atoms with E-state index in [1.165, 1.54) is 23.4 Å². The highest BCUT2D eigenvalue weighted by Crippen LogP contribution is 2.30. The molecule has 2 aromatic carbocycles. The summed E-state index contributed by atoms with van der Waals surface area (Å²) in [6.07, 6.45) is 0.808. The number of fused-ring (bicyclic) bond motifs is 1. The van der Waals surface area contributed by atoms with Crippen LogP contribution in [0.15, 0.2) is 42.7 Å². The number of nitrogens with two attached hydrogens (primary N) is 1. The molecule has 6 nitrogen and oxygen atoms in total. The molecule has 0 radical (unpaired) electrons. The maximum atomic E-state index is 13.6. The average molecular weight is 338 g/mol. The molecule has 0 atom stereocenters. The molecule has 1 amide bonds. The molecule has 2 heterocycles. The standard InChI is InChI=1S/C18H15FN4O2/c19-12-3-1-2-10(4-12)11-5-14-16(21-9-22-17(14)20)15(6-11)18(25)23-7-13(24)8-23/h1-6,9,13,24H,7-8H2,(H2,20,21,22). The van der Waals surface area contributed by atoms with Gasteiger partial charge in [0.1, 0.15) is 18.0 Å². The van der Waals surface area contributed by atoms with E-state index < -0.39 is 6.10 Å². The fourth-order valence-corrected chi connectivity index (χ4v) is 2.98. The van der Waals surface area contributed by atoms with E-state index in [2.05, 4.69) is 9.97 Å². The van der Waals surface area contributed by atoms with Crippen molar-refractivity contribution in [1.82, 2.24) is 14.9 Å². The van der Waals surface area contributed by atoms with Crippen LogP contribution in [0.2, 0.25) is 0 Å². The number of hydrogen-bond acceptors (Lipinski definition) is 5. The van der Waals surface area contributed by atoms with Gasteiger partial charge in [-0.3, -0.25) is 4.79 Å². The lowest BCUT2D eigenvalue weighted by Gasteiger charge is -2.36. The zero-order chi connectivity index (χ0) is 17.6. The molecule has 25 heavy (non-hydrogen) atoms. The topological polar surface area (TPSA) is 92.3 Å². The van der Waals surface area contributed by atoms with Crippen molar-refractivity contribution < 1.29 is 14.3 Å². The summed E-state index contributed by atoms with van der Waals surface area (Å²) >= 11 is 0. The third-order valence-electron chi connectivity index (χ3n) is 4.31. The van der Waals surface area contributed by atoms with Crippen LogP contribution in [0.1, 0.15) is 10.4 Å². The molecular weight excluding hydrogens is 323 g/mol. The van der Waals surface area contributed by atoms with Gasteiger partial charge in [0, 0.05) is 18.5 Å². The van der Waals surface area contributed by atoms with Gasteiger partial charge in [-0.15, -0.1) is 0 Å². The smallest absolute Gasteiger partial charge is 0.256 e. The first-order chi connectivity index (χ1) is 12.0. The molecular formula is C18H15FN4O2. The van der Waals surface area contributed by atoms with Gasteiger partial charge < -0.3 is 15.7 Å². The van der Waals surface area contributed by atoms with Gasteiger partial charge in [0.05, 0.1) is 17.2 Å². The minimum absolute atomic E-state index is 0.244. The Bertz CT molecular complexity index is 986. The monoisotopic (exact) mass is 338 g/mol. The van der Waals surface area contributed by atoms with Crippen molar-refractivity contribution in [2.24, 2.45) is 0 Å². The summed E-state index contributed by atoms with van der Waals surface area (Å²) in [5.41, 5.74) is 8.04. The van der Waals surface area contributed by atoms with Crippen LogP contribution in [0.25, 0.3) is 22.0 Å². The Hall–Kier alpha value is -3.06. The van der Waals surface area contributed by atoms with Crippen molar-refractivity contribution in [3.05, 3.63) is 54.1 Å². The van der Waals surface area contributed by atoms with Crippen LogP contribution in [-0.4, -0.2) is 45.1 Å². The van der Waals surface area contributed by atoms with E-state index in [9.17, 15) is 14.3 Å². The largest absolute Gasteiger partial charge is 0.389 e. The van der Waals surface area contributed by atoms with E-state index in [-0.39, 0.29) is 30.6 Å². The molecule has 3 N–H and O–H groups in total. The van der Waals surface area contributed by atoms with Crippen LogP contribution in [0, 0.1) is 5.82 Å². The summed E-state index contributed by atoms with van der Waals surface area (Å²) in [4.78, 5) is 22.5. The van der Waals surface area contributed by atoms with Crippen molar-refractivity contribution in [3.8, 4) is 11.1 Å². The fraction of sp³-hybridized carbons (Fsp3) is 0.167. The summed E-state index contributed by atoms with van der Waals surface area (Å²) in [6, 6.07) is 9.54. The molecule has 7 heteroatoms. The first kappa shape index (κ1) is 15.5. The number of carbonyl (C=O) groups is 1. The number of halogens is 1. The van der Waals surface area contributed by atoms with Crippen molar-refractivity contribution in [3.63, 3.8) is 0 Å². The Balaban J connectivity index is 1.91. The molecule has 4 rings (SSSR count). The number of aromatic nitrogens is 2. The van der Waals surface area contributed by atoms with E-state index in [1.54, 1.807) is 24.3 Å². The summed E-state index contributed by atoms with van der Waals surface area (Å²) < 4.78 is 13.6. The second kappa shape index (κ2) is 5.78. The maximum Gasteiger partial charge on any atom is 0.256 e. The van der Waals surface area contributed by atoms with E-state index in [4.69, 9.17) is 5.73 Å². The molecule has 1 aliphatic rings. The van der Waals surface area contributed by atoms with Gasteiger partial charge >= 0.3 is 0 Å². The molecule has 126 valence electrons. The van der Waals surface area contributed by atoms with Gasteiger partial charge in [0.25, 0.3) is 5.91 Å². The quantitative estimate of drug-likeness (QED) is 0.744. The lowest BCUT2D eigenvalue weighted by atomic mass is 9.98. The molecule has 0 saturated carbocycles. The van der Waals surface area contributed by atoms with Crippen LogP contribution in [-0.2, 0) is 0 Å². The molecule has 1 fully saturated rings. The number of amides is 1. The summed E-state index contributed by atoms with van der Waals surface area (Å²) in [5.74, 6) is -0.360. The third kappa shape index (κ3) is 2.68. The number of nitrogen functional groups attached to an aromatic ring is 1. The molecule has 0 spiro atoms. The van der Waals surface area contributed by atoms with Gasteiger partial charge in [0.15, 0.2) is 0 Å². The summed E-state index contributed by atoms with van der Waals surface area (Å²) in [7, 11) is 0. The SMILES string of the molecule is Nc1ncnc2c(C(=O)N3CC(O)C3)cc(-c3cccc(F)c3)cc12. The second-order valence-corrected chi connectivity index (χ2v) is 6.05. The van der Waals surface area contributed by atoms with Crippen molar-refractivity contribution in [1.29, 1.82) is 0 Å². The Labute approximate surface area is 142 Å². The fourth-order valence-electron chi connectivity index (χ4n) is 2.98. The van der Waals surface area contributed by atoms with Crippen LogP contribution in [0.5, 0.6) is 0 Å². The molecule has 0 bridgehead atoms. The van der Waals surface area contributed by atoms with Crippen LogP contribution < -0.4 is 5.73 Å². The number of β-amino-alcohol motifs (C(OH)–C–C–N with tert-alkyl or cyclic N) is 1. The van der Waals surface area contributed by atoms with Gasteiger partial charge in [0.2, 0.25) is 0 Å². The minimum atomic E-state index is -0.499. The minimum Gasteiger partial charge on any atom is -0.389 e. The number of carbonyl (C=O) groups excluding carboxylic acids is 1. The predicted octanol–water partition coefficient (Wildman–Crippen LogP) is 1.83. The Morgan fingerprint density at radius 2 is 2.00 bits per heavy atom. The number of benzene rings is 2. The maximum absolute atomic E-state index is 13.6. The molecule has 3 aromatic rings. The van der Waals surface area contributed by atoms with E-state index in [0.29, 0.717) is 27.6 Å². The van der Waals surface area contributed by atoms with Crippen LogP contribution in [0.3, 0.4) is 0 Å². The molecule has 0 aliphatic carbocycles. The average Bonchev–Trinajstić information content (AvgIpc) is 2.58. The number of rotatable bonds is 2. The molecule has 1 saturated heterocycles. The highest BCUT2D eigenvalue weighted by Gasteiger charge is 2.31. The highest BCUT2D eigenvalue weighted by molar-refractivity contribution is 6.09. The van der Waals surface area contributed by atoms with Crippen LogP contribution >= 0.6 is 0 Å². The number of nitrogens with zero attached hydrogens (tertiary/aromatic N) is 3. The van der Waals surface area contributed by atoms with Crippen molar-refractivity contribution >= 4 is 22.6 Å². The number of anilines is 1. The van der Waals surface area contributed by atoms with Gasteiger partial charge in [-0.05, 0) is 35.4 Å². The predicted molar refractivity (Wildman–Crippen MR) is 91.3 cm³/mol. The summed E-state index contributed by atoms with van der Waals surface area (Å²) in [5, 5.41) is 9.99. The van der Waals surface area contributed by atoms with Crippen LogP contribution in [0.4, 0.5) is 10.2 Å². The molecule has 1 aliphatic heterocycles. The van der Waals surface area contributed by atoms with E-state index in [1.807, 2.05) is 0 Å². The van der Waals surface area contributed by atoms with E-state index >= 15 is 0 Å². The van der Waals surface area contributed by atoms with Crippen molar-refractivity contribution in [2.45, 2.75) is 6.10 Å². The lowest BCUT2D eigenvalue weighted by molar-refractivity contribution is 0.00602. The number of aliphatic hydroxyl groups excluding tert-OH is 1. The Kier molecular flexibility index (Phi) is 3.58. The number of aliphatic hydroxyl groups is 1. The number of likely N-dealkylation sites (tertiary alicyclic amines) is 1. The highest BCUT2D eigenvalue weighted by atomic mass is 19.1. The normalized spacial score (nSPS) is 14.6. The zero-order valence-corrected chi connectivity index (χ0v) is 13.2. The van der Waals surface area contributed by atoms with Gasteiger partial charge in [-0.2, -0.15) is 0 Å².